The van der Waals surface area contributed by atoms with Gasteiger partial charge in [0, 0.05) is 28.9 Å². The summed E-state index contributed by atoms with van der Waals surface area (Å²) in [5.41, 5.74) is 9.82. The number of hydrogen-bond donors (Lipinski definition) is 2. The van der Waals surface area contributed by atoms with E-state index in [1.807, 2.05) is 13.1 Å². The van der Waals surface area contributed by atoms with Gasteiger partial charge in [-0.05, 0) is 51.0 Å². The molecule has 1 fully saturated rings. The summed E-state index contributed by atoms with van der Waals surface area (Å²) >= 11 is 0. The second-order valence-corrected chi connectivity index (χ2v) is 9.30. The summed E-state index contributed by atoms with van der Waals surface area (Å²) in [5.74, 6) is 1.56. The van der Waals surface area contributed by atoms with Gasteiger partial charge in [-0.2, -0.15) is 0 Å². The molecule has 1 saturated carbocycles. The molecule has 3 nitrogen and oxygen atoms in total. The van der Waals surface area contributed by atoms with Crippen LogP contribution in [0.25, 0.3) is 5.57 Å². The van der Waals surface area contributed by atoms with Gasteiger partial charge in [-0.3, -0.25) is 0 Å². The largest absolute Gasteiger partial charge is 0.342 e. The predicted octanol–water partition coefficient (Wildman–Crippen LogP) is 6.65. The SMILES string of the molecule is C=CC1(C)C=C(c2ncc(C)[nH]2)C=CC(C2CCCCCCC(N)CCCC2)=C1. The maximum atomic E-state index is 6.29. The molecular weight excluding hydrogens is 354 g/mol. The number of imidazole rings is 1. The summed E-state index contributed by atoms with van der Waals surface area (Å²) in [6.07, 6.45) is 25.9. The lowest BCUT2D eigenvalue weighted by atomic mass is 9.81. The quantitative estimate of drug-likeness (QED) is 0.565. The van der Waals surface area contributed by atoms with E-state index in [1.54, 1.807) is 0 Å². The third-order valence-corrected chi connectivity index (χ3v) is 6.54. The molecule has 0 aromatic carbocycles. The standard InChI is InChI=1S/C26H39N3/c1-4-26(3)17-22(15-16-23(18-26)25-28-19-20(2)29-25)21-11-7-5-6-8-13-24(27)14-10-9-12-21/h4,15-19,21,24H,1,5-14,27H2,2-3H3,(H,28,29). The van der Waals surface area contributed by atoms with Crippen LogP contribution in [0, 0.1) is 18.3 Å². The summed E-state index contributed by atoms with van der Waals surface area (Å²) in [5, 5.41) is 0. The minimum Gasteiger partial charge on any atom is -0.342 e. The number of aromatic amines is 1. The maximum absolute atomic E-state index is 6.29. The summed E-state index contributed by atoms with van der Waals surface area (Å²) < 4.78 is 0. The number of hydrogen-bond acceptors (Lipinski definition) is 2. The molecule has 3 rings (SSSR count). The number of rotatable bonds is 3. The van der Waals surface area contributed by atoms with Crippen LogP contribution >= 0.6 is 0 Å². The van der Waals surface area contributed by atoms with Gasteiger partial charge in [-0.25, -0.2) is 4.98 Å². The highest BCUT2D eigenvalue weighted by Crippen LogP contribution is 2.36. The Balaban J connectivity index is 1.80. The van der Waals surface area contributed by atoms with E-state index in [4.69, 9.17) is 5.73 Å². The molecule has 3 N–H and O–H groups in total. The maximum Gasteiger partial charge on any atom is 0.137 e. The molecule has 3 heteroatoms. The van der Waals surface area contributed by atoms with Gasteiger partial charge in [0.05, 0.1) is 0 Å². The average Bonchev–Trinajstić information content (AvgIpc) is 3.04. The lowest BCUT2D eigenvalue weighted by Crippen LogP contribution is -2.20. The van der Waals surface area contributed by atoms with Crippen LogP contribution in [0.2, 0.25) is 0 Å². The van der Waals surface area contributed by atoms with E-state index in [0.717, 1.165) is 17.1 Å². The zero-order valence-corrected chi connectivity index (χ0v) is 18.4. The van der Waals surface area contributed by atoms with Crippen LogP contribution in [-0.4, -0.2) is 16.0 Å². The third kappa shape index (κ3) is 6.30. The van der Waals surface area contributed by atoms with Gasteiger partial charge in [0.2, 0.25) is 0 Å². The Kier molecular flexibility index (Phi) is 7.71. The molecule has 0 bridgehead atoms. The molecule has 2 aliphatic rings. The lowest BCUT2D eigenvalue weighted by Gasteiger charge is -2.24. The summed E-state index contributed by atoms with van der Waals surface area (Å²) in [7, 11) is 0. The highest BCUT2D eigenvalue weighted by molar-refractivity contribution is 5.73. The Morgan fingerprint density at radius 1 is 1.03 bits per heavy atom. The highest BCUT2D eigenvalue weighted by Gasteiger charge is 2.23. The van der Waals surface area contributed by atoms with Crippen LogP contribution in [-0.2, 0) is 0 Å². The molecule has 0 aliphatic heterocycles. The van der Waals surface area contributed by atoms with Gasteiger partial charge >= 0.3 is 0 Å². The molecule has 1 heterocycles. The van der Waals surface area contributed by atoms with E-state index >= 15 is 0 Å². The Labute approximate surface area is 177 Å². The monoisotopic (exact) mass is 393 g/mol. The van der Waals surface area contributed by atoms with Crippen molar-refractivity contribution in [3.05, 3.63) is 60.2 Å². The fourth-order valence-electron chi connectivity index (χ4n) is 4.67. The highest BCUT2D eigenvalue weighted by atomic mass is 14.9. The normalized spacial score (nSPS) is 29.8. The van der Waals surface area contributed by atoms with Crippen LogP contribution in [0.5, 0.6) is 0 Å². The number of nitrogens with two attached hydrogens (primary N) is 1. The molecular formula is C26H39N3. The first-order valence-electron chi connectivity index (χ1n) is 11.5. The third-order valence-electron chi connectivity index (χ3n) is 6.54. The van der Waals surface area contributed by atoms with Crippen molar-refractivity contribution in [2.45, 2.75) is 84.1 Å². The zero-order chi connectivity index (χ0) is 20.7. The van der Waals surface area contributed by atoms with Gasteiger partial charge < -0.3 is 10.7 Å². The van der Waals surface area contributed by atoms with Crippen molar-refractivity contribution < 1.29 is 0 Å². The number of nitrogens with zero attached hydrogens (tertiary/aromatic N) is 1. The minimum atomic E-state index is -0.166. The van der Waals surface area contributed by atoms with Gasteiger partial charge in [-0.1, -0.05) is 68.9 Å². The van der Waals surface area contributed by atoms with E-state index in [1.165, 1.54) is 69.8 Å². The number of allylic oxidation sites excluding steroid dienone is 7. The van der Waals surface area contributed by atoms with E-state index in [9.17, 15) is 0 Å². The van der Waals surface area contributed by atoms with Crippen molar-refractivity contribution in [3.8, 4) is 0 Å². The van der Waals surface area contributed by atoms with Gasteiger partial charge in [0.15, 0.2) is 0 Å². The smallest absolute Gasteiger partial charge is 0.137 e. The molecule has 0 amide bonds. The Hall–Kier alpha value is -1.87. The van der Waals surface area contributed by atoms with Crippen LogP contribution in [0.15, 0.2) is 48.7 Å². The van der Waals surface area contributed by atoms with Crippen LogP contribution in [0.3, 0.4) is 0 Å². The molecule has 0 saturated heterocycles. The minimum absolute atomic E-state index is 0.166. The number of aryl methyl sites for hydroxylation is 1. The second kappa shape index (κ2) is 10.2. The zero-order valence-electron chi connectivity index (χ0n) is 18.4. The summed E-state index contributed by atoms with van der Waals surface area (Å²) in [4.78, 5) is 7.93. The Bertz CT molecular complexity index is 767. The van der Waals surface area contributed by atoms with Gasteiger partial charge in [0.25, 0.3) is 0 Å². The van der Waals surface area contributed by atoms with E-state index in [2.05, 4.69) is 53.9 Å². The number of H-pyrrole nitrogens is 1. The van der Waals surface area contributed by atoms with E-state index < -0.39 is 0 Å². The summed E-state index contributed by atoms with van der Waals surface area (Å²) in [6, 6.07) is 0.400. The average molecular weight is 394 g/mol. The van der Waals surface area contributed by atoms with Crippen molar-refractivity contribution in [3.63, 3.8) is 0 Å². The first-order valence-corrected chi connectivity index (χ1v) is 11.5. The molecule has 2 aliphatic carbocycles. The molecule has 29 heavy (non-hydrogen) atoms. The molecule has 158 valence electrons. The fourth-order valence-corrected chi connectivity index (χ4v) is 4.67. The van der Waals surface area contributed by atoms with Crippen LogP contribution in [0.1, 0.15) is 82.7 Å². The molecule has 1 aromatic rings. The lowest BCUT2D eigenvalue weighted by molar-refractivity contribution is 0.420. The molecule has 0 radical (unpaired) electrons. The number of aromatic nitrogens is 2. The Morgan fingerprint density at radius 2 is 1.69 bits per heavy atom. The van der Waals surface area contributed by atoms with Crippen LogP contribution in [0.4, 0.5) is 0 Å². The topological polar surface area (TPSA) is 54.7 Å². The van der Waals surface area contributed by atoms with E-state index in [-0.39, 0.29) is 5.41 Å². The second-order valence-electron chi connectivity index (χ2n) is 9.30. The van der Waals surface area contributed by atoms with Crippen molar-refractivity contribution in [1.29, 1.82) is 0 Å². The van der Waals surface area contributed by atoms with Crippen molar-refractivity contribution in [2.24, 2.45) is 17.1 Å². The molecule has 1 aromatic heterocycles. The first-order chi connectivity index (χ1) is 14.0. The molecule has 0 spiro atoms. The Morgan fingerprint density at radius 3 is 2.34 bits per heavy atom. The van der Waals surface area contributed by atoms with E-state index in [0.29, 0.717) is 12.0 Å². The summed E-state index contributed by atoms with van der Waals surface area (Å²) in [6.45, 7) is 8.43. The van der Waals surface area contributed by atoms with Gasteiger partial charge in [0.1, 0.15) is 5.82 Å². The van der Waals surface area contributed by atoms with Crippen LogP contribution < -0.4 is 5.73 Å². The van der Waals surface area contributed by atoms with Crippen molar-refractivity contribution >= 4 is 5.57 Å². The van der Waals surface area contributed by atoms with Crippen molar-refractivity contribution in [1.82, 2.24) is 9.97 Å². The first kappa shape index (κ1) is 21.8. The predicted molar refractivity (Wildman–Crippen MR) is 124 cm³/mol. The fraction of sp³-hybridized carbons (Fsp3) is 0.577. The van der Waals surface area contributed by atoms with Gasteiger partial charge in [-0.15, -0.1) is 6.58 Å². The number of nitrogens with one attached hydrogen (secondary N) is 1. The molecule has 3 unspecified atom stereocenters. The van der Waals surface area contributed by atoms with Crippen molar-refractivity contribution in [2.75, 3.05) is 0 Å². The molecule has 3 atom stereocenters.